The number of carbonyl (C=O) groups excluding carboxylic acids is 1. The molecule has 8 nitrogen and oxygen atoms in total. The molecule has 0 saturated carbocycles. The largest absolute Gasteiger partial charge is 0.497 e. The first-order valence-corrected chi connectivity index (χ1v) is 10.1. The zero-order chi connectivity index (χ0) is 21.0. The van der Waals surface area contributed by atoms with Crippen LogP contribution in [0.4, 0.5) is 5.82 Å². The average molecular weight is 411 g/mol. The Balaban J connectivity index is 1.88. The summed E-state index contributed by atoms with van der Waals surface area (Å²) in [4.78, 5) is 12.6. The molecule has 0 saturated heterocycles. The van der Waals surface area contributed by atoms with Crippen LogP contribution < -0.4 is 10.1 Å². The standard InChI is InChI=1S/C20H22N6O2S/c1-5-25-12-22-24-20(25)29-11-18(27)23-19-17(10-21)13(2)14(3)26(19)15-6-8-16(28-4)9-7-15/h6-9,12H,5,11H2,1-4H3,(H,23,27). The second kappa shape index (κ2) is 8.84. The number of thioether (sulfide) groups is 1. The van der Waals surface area contributed by atoms with Crippen molar-refractivity contribution in [2.75, 3.05) is 18.2 Å². The lowest BCUT2D eigenvalue weighted by Gasteiger charge is -2.13. The molecule has 1 aromatic carbocycles. The molecule has 2 heterocycles. The Morgan fingerprint density at radius 3 is 2.66 bits per heavy atom. The lowest BCUT2D eigenvalue weighted by Crippen LogP contribution is -2.18. The van der Waals surface area contributed by atoms with E-state index in [0.29, 0.717) is 16.5 Å². The zero-order valence-electron chi connectivity index (χ0n) is 16.8. The minimum Gasteiger partial charge on any atom is -0.497 e. The van der Waals surface area contributed by atoms with E-state index in [1.807, 2.05) is 54.2 Å². The fraction of sp³-hybridized carbons (Fsp3) is 0.300. The Morgan fingerprint density at radius 2 is 2.03 bits per heavy atom. The van der Waals surface area contributed by atoms with Gasteiger partial charge in [-0.1, -0.05) is 11.8 Å². The van der Waals surface area contributed by atoms with Crippen LogP contribution in [0.15, 0.2) is 35.7 Å². The summed E-state index contributed by atoms with van der Waals surface area (Å²) >= 11 is 1.31. The maximum Gasteiger partial charge on any atom is 0.236 e. The molecule has 3 aromatic rings. The van der Waals surface area contributed by atoms with Crippen LogP contribution in [0.3, 0.4) is 0 Å². The second-order valence-corrected chi connectivity index (χ2v) is 7.26. The first kappa shape index (κ1) is 20.5. The number of methoxy groups -OCH3 is 1. The van der Waals surface area contributed by atoms with Gasteiger partial charge in [-0.2, -0.15) is 5.26 Å². The first-order valence-electron chi connectivity index (χ1n) is 9.07. The van der Waals surface area contributed by atoms with Gasteiger partial charge in [0.1, 0.15) is 24.0 Å². The highest BCUT2D eigenvalue weighted by Crippen LogP contribution is 2.31. The van der Waals surface area contributed by atoms with Gasteiger partial charge in [0, 0.05) is 17.9 Å². The van der Waals surface area contributed by atoms with Crippen LogP contribution in [0.5, 0.6) is 5.75 Å². The molecule has 0 unspecified atom stereocenters. The lowest BCUT2D eigenvalue weighted by molar-refractivity contribution is -0.113. The van der Waals surface area contributed by atoms with Crippen molar-refractivity contribution in [3.05, 3.63) is 47.4 Å². The van der Waals surface area contributed by atoms with Crippen molar-refractivity contribution >= 4 is 23.5 Å². The van der Waals surface area contributed by atoms with Crippen molar-refractivity contribution in [2.45, 2.75) is 32.5 Å². The van der Waals surface area contributed by atoms with Crippen LogP contribution in [-0.2, 0) is 11.3 Å². The summed E-state index contributed by atoms with van der Waals surface area (Å²) in [6.07, 6.45) is 1.63. The number of aromatic nitrogens is 4. The third kappa shape index (κ3) is 4.12. The molecular formula is C20H22N6O2S. The molecule has 0 radical (unpaired) electrons. The van der Waals surface area contributed by atoms with E-state index in [1.54, 1.807) is 13.4 Å². The van der Waals surface area contributed by atoms with Gasteiger partial charge in [0.15, 0.2) is 5.16 Å². The molecule has 29 heavy (non-hydrogen) atoms. The maximum atomic E-state index is 12.6. The molecule has 0 aliphatic heterocycles. The summed E-state index contributed by atoms with van der Waals surface area (Å²) < 4.78 is 8.97. The van der Waals surface area contributed by atoms with E-state index >= 15 is 0 Å². The highest BCUT2D eigenvalue weighted by Gasteiger charge is 2.21. The number of carbonyl (C=O) groups is 1. The highest BCUT2D eigenvalue weighted by molar-refractivity contribution is 7.99. The van der Waals surface area contributed by atoms with Crippen molar-refractivity contribution in [3.63, 3.8) is 0 Å². The summed E-state index contributed by atoms with van der Waals surface area (Å²) in [6.45, 7) is 6.52. The van der Waals surface area contributed by atoms with E-state index < -0.39 is 0 Å². The van der Waals surface area contributed by atoms with Crippen LogP contribution >= 0.6 is 11.8 Å². The van der Waals surface area contributed by atoms with E-state index in [9.17, 15) is 10.1 Å². The fourth-order valence-electron chi connectivity index (χ4n) is 2.99. The number of ether oxygens (including phenoxy) is 1. The Hall–Kier alpha value is -3.25. The van der Waals surface area contributed by atoms with Crippen LogP contribution in [0.1, 0.15) is 23.7 Å². The highest BCUT2D eigenvalue weighted by atomic mass is 32.2. The van der Waals surface area contributed by atoms with Crippen LogP contribution in [0.25, 0.3) is 5.69 Å². The molecule has 0 aliphatic carbocycles. The van der Waals surface area contributed by atoms with Crippen LogP contribution in [0.2, 0.25) is 0 Å². The number of nitrogens with zero attached hydrogens (tertiary/aromatic N) is 5. The Morgan fingerprint density at radius 1 is 1.31 bits per heavy atom. The van der Waals surface area contributed by atoms with E-state index in [-0.39, 0.29) is 11.7 Å². The molecule has 0 spiro atoms. The normalized spacial score (nSPS) is 10.6. The van der Waals surface area contributed by atoms with Gasteiger partial charge in [-0.25, -0.2) is 0 Å². The van der Waals surface area contributed by atoms with Gasteiger partial charge >= 0.3 is 0 Å². The van der Waals surface area contributed by atoms with Gasteiger partial charge in [0.2, 0.25) is 5.91 Å². The molecule has 0 aliphatic rings. The van der Waals surface area contributed by atoms with Crippen molar-refractivity contribution in [1.82, 2.24) is 19.3 Å². The summed E-state index contributed by atoms with van der Waals surface area (Å²) in [5.41, 5.74) is 3.01. The van der Waals surface area contributed by atoms with Crippen LogP contribution in [0, 0.1) is 25.2 Å². The summed E-state index contributed by atoms with van der Waals surface area (Å²) in [6, 6.07) is 9.68. The number of hydrogen-bond acceptors (Lipinski definition) is 6. The number of rotatable bonds is 7. The Bertz CT molecular complexity index is 1060. The maximum absolute atomic E-state index is 12.6. The second-order valence-electron chi connectivity index (χ2n) is 6.32. The molecule has 150 valence electrons. The van der Waals surface area contributed by atoms with E-state index in [4.69, 9.17) is 4.74 Å². The van der Waals surface area contributed by atoms with Crippen LogP contribution in [-0.4, -0.2) is 38.1 Å². The minimum absolute atomic E-state index is 0.162. The van der Waals surface area contributed by atoms with Gasteiger partial charge in [-0.3, -0.25) is 9.36 Å². The first-order chi connectivity index (χ1) is 14.0. The number of amides is 1. The van der Waals surface area contributed by atoms with E-state index in [1.165, 1.54) is 11.8 Å². The number of nitriles is 1. The van der Waals surface area contributed by atoms with Crippen molar-refractivity contribution in [2.24, 2.45) is 0 Å². The zero-order valence-corrected chi connectivity index (χ0v) is 17.6. The quantitative estimate of drug-likeness (QED) is 0.600. The molecule has 0 fully saturated rings. The Labute approximate surface area is 173 Å². The van der Waals surface area contributed by atoms with E-state index in [2.05, 4.69) is 21.6 Å². The predicted octanol–water partition coefficient (Wildman–Crippen LogP) is 3.32. The number of hydrogen-bond donors (Lipinski definition) is 1. The third-order valence-electron chi connectivity index (χ3n) is 4.67. The molecule has 9 heteroatoms. The van der Waals surface area contributed by atoms with Gasteiger partial charge in [0.05, 0.1) is 18.4 Å². The summed E-state index contributed by atoms with van der Waals surface area (Å²) in [5, 5.41) is 21.2. The van der Waals surface area contributed by atoms with Crippen molar-refractivity contribution in [3.8, 4) is 17.5 Å². The number of anilines is 1. The molecule has 0 atom stereocenters. The fourth-order valence-corrected chi connectivity index (χ4v) is 3.77. The van der Waals surface area contributed by atoms with Gasteiger partial charge in [-0.05, 0) is 50.6 Å². The predicted molar refractivity (Wildman–Crippen MR) is 112 cm³/mol. The number of aryl methyl sites for hydroxylation is 1. The van der Waals surface area contributed by atoms with Crippen molar-refractivity contribution < 1.29 is 9.53 Å². The number of benzene rings is 1. The Kier molecular flexibility index (Phi) is 6.24. The summed E-state index contributed by atoms with van der Waals surface area (Å²) in [5.74, 6) is 1.15. The number of nitrogens with one attached hydrogen (secondary N) is 1. The molecule has 1 N–H and O–H groups in total. The lowest BCUT2D eigenvalue weighted by atomic mass is 10.2. The third-order valence-corrected chi connectivity index (χ3v) is 5.65. The van der Waals surface area contributed by atoms with E-state index in [0.717, 1.165) is 29.2 Å². The molecular weight excluding hydrogens is 388 g/mol. The summed E-state index contributed by atoms with van der Waals surface area (Å²) in [7, 11) is 1.61. The van der Waals surface area contributed by atoms with Gasteiger partial charge in [0.25, 0.3) is 0 Å². The molecule has 0 bridgehead atoms. The molecule has 3 rings (SSSR count). The molecule has 2 aromatic heterocycles. The van der Waals surface area contributed by atoms with Crippen molar-refractivity contribution in [1.29, 1.82) is 5.26 Å². The smallest absolute Gasteiger partial charge is 0.236 e. The van der Waals surface area contributed by atoms with Gasteiger partial charge in [-0.15, -0.1) is 10.2 Å². The monoisotopic (exact) mass is 410 g/mol. The SMILES string of the molecule is CCn1cnnc1SCC(=O)Nc1c(C#N)c(C)c(C)n1-c1ccc(OC)cc1. The minimum atomic E-state index is -0.218. The molecule has 1 amide bonds. The van der Waals surface area contributed by atoms with Gasteiger partial charge < -0.3 is 14.6 Å². The topological polar surface area (TPSA) is 97.8 Å². The average Bonchev–Trinajstić information content (AvgIpc) is 3.29.